The van der Waals surface area contributed by atoms with Crippen molar-refractivity contribution in [1.29, 1.82) is 0 Å². The van der Waals surface area contributed by atoms with Gasteiger partial charge in [-0.15, -0.1) is 0 Å². The number of pyridine rings is 1. The number of aryl methyl sites for hydroxylation is 2. The number of fused-ring (bicyclic) bond motifs is 2. The first-order valence-electron chi connectivity index (χ1n) is 11.4. The average molecular weight is 433 g/mol. The van der Waals surface area contributed by atoms with E-state index in [2.05, 4.69) is 29.2 Å². The summed E-state index contributed by atoms with van der Waals surface area (Å²) in [4.78, 5) is 28.3. The Labute approximate surface area is 187 Å². The molecule has 0 saturated carbocycles. The van der Waals surface area contributed by atoms with Crippen molar-refractivity contribution < 1.29 is 14.3 Å². The summed E-state index contributed by atoms with van der Waals surface area (Å²) in [6.07, 6.45) is 4.99. The van der Waals surface area contributed by atoms with Crippen LogP contribution in [0.15, 0.2) is 47.4 Å². The number of carbonyl (C=O) groups is 1. The minimum Gasteiger partial charge on any atom is -0.462 e. The highest BCUT2D eigenvalue weighted by Gasteiger charge is 2.19. The van der Waals surface area contributed by atoms with Crippen molar-refractivity contribution >= 4 is 16.9 Å². The van der Waals surface area contributed by atoms with Crippen LogP contribution in [0.2, 0.25) is 0 Å². The molecule has 0 N–H and O–H groups in total. The van der Waals surface area contributed by atoms with Gasteiger partial charge in [-0.1, -0.05) is 12.1 Å². The third-order valence-corrected chi connectivity index (χ3v) is 6.43. The van der Waals surface area contributed by atoms with Crippen molar-refractivity contribution in [2.75, 3.05) is 32.9 Å². The Balaban J connectivity index is 1.64. The fourth-order valence-electron chi connectivity index (χ4n) is 4.77. The van der Waals surface area contributed by atoms with Crippen LogP contribution in [-0.4, -0.2) is 48.3 Å². The molecule has 2 heterocycles. The van der Waals surface area contributed by atoms with Gasteiger partial charge < -0.3 is 14.0 Å². The topological polar surface area (TPSA) is 60.8 Å². The first-order chi connectivity index (χ1) is 15.6. The Morgan fingerprint density at radius 2 is 1.88 bits per heavy atom. The van der Waals surface area contributed by atoms with E-state index < -0.39 is 5.97 Å². The molecule has 0 amide bonds. The van der Waals surface area contributed by atoms with Crippen LogP contribution < -0.4 is 5.43 Å². The largest absolute Gasteiger partial charge is 0.462 e. The zero-order chi connectivity index (χ0) is 22.1. The van der Waals surface area contributed by atoms with Crippen LogP contribution in [-0.2, 0) is 28.9 Å². The Morgan fingerprint density at radius 1 is 1.06 bits per heavy atom. The van der Waals surface area contributed by atoms with Crippen molar-refractivity contribution in [2.24, 2.45) is 0 Å². The van der Waals surface area contributed by atoms with Crippen molar-refractivity contribution in [2.45, 2.75) is 32.7 Å². The third-order valence-electron chi connectivity index (χ3n) is 6.43. The number of benzene rings is 2. The lowest BCUT2D eigenvalue weighted by molar-refractivity contribution is 0.0342. The van der Waals surface area contributed by atoms with Gasteiger partial charge in [-0.05, 0) is 67.1 Å². The summed E-state index contributed by atoms with van der Waals surface area (Å²) >= 11 is 0. The highest BCUT2D eigenvalue weighted by Crippen LogP contribution is 2.27. The van der Waals surface area contributed by atoms with Crippen molar-refractivity contribution in [3.63, 3.8) is 0 Å². The molecule has 1 aliphatic carbocycles. The number of hydrogen-bond donors (Lipinski definition) is 0. The Kier molecular flexibility index (Phi) is 5.81. The Morgan fingerprint density at radius 3 is 2.69 bits per heavy atom. The molecule has 0 unspecified atom stereocenters. The maximum Gasteiger partial charge on any atom is 0.343 e. The number of hydrogen-bond acceptors (Lipinski definition) is 5. The first kappa shape index (κ1) is 20.9. The van der Waals surface area contributed by atoms with Gasteiger partial charge in [-0.2, -0.15) is 0 Å². The van der Waals surface area contributed by atoms with Crippen LogP contribution in [0.1, 0.15) is 40.4 Å². The molecular formula is C26H28N2O4. The summed E-state index contributed by atoms with van der Waals surface area (Å²) < 4.78 is 12.6. The number of aromatic nitrogens is 1. The van der Waals surface area contributed by atoms with Gasteiger partial charge in [0.2, 0.25) is 5.43 Å². The lowest BCUT2D eigenvalue weighted by Gasteiger charge is -2.26. The fourth-order valence-corrected chi connectivity index (χ4v) is 4.77. The van der Waals surface area contributed by atoms with Crippen molar-refractivity contribution in [1.82, 2.24) is 9.47 Å². The molecular weight excluding hydrogens is 404 g/mol. The van der Waals surface area contributed by atoms with E-state index in [4.69, 9.17) is 9.47 Å². The number of esters is 1. The van der Waals surface area contributed by atoms with Gasteiger partial charge >= 0.3 is 5.97 Å². The van der Waals surface area contributed by atoms with Crippen molar-refractivity contribution in [3.05, 3.63) is 75.1 Å². The molecule has 0 radical (unpaired) electrons. The third kappa shape index (κ3) is 3.96. The van der Waals surface area contributed by atoms with Crippen LogP contribution in [0.4, 0.5) is 0 Å². The smallest absolute Gasteiger partial charge is 0.343 e. The summed E-state index contributed by atoms with van der Waals surface area (Å²) in [6, 6.07) is 12.4. The zero-order valence-corrected chi connectivity index (χ0v) is 18.4. The lowest BCUT2D eigenvalue weighted by atomic mass is 10.1. The van der Waals surface area contributed by atoms with E-state index in [0.717, 1.165) is 62.5 Å². The van der Waals surface area contributed by atoms with Gasteiger partial charge in [0.1, 0.15) is 5.56 Å². The molecule has 0 atom stereocenters. The van der Waals surface area contributed by atoms with Gasteiger partial charge in [0.25, 0.3) is 0 Å². The van der Waals surface area contributed by atoms with E-state index in [9.17, 15) is 9.59 Å². The molecule has 6 heteroatoms. The molecule has 5 rings (SSSR count). The Bertz CT molecular complexity index is 1220. The number of rotatable bonds is 5. The molecule has 2 aromatic carbocycles. The van der Waals surface area contributed by atoms with Gasteiger partial charge in [0, 0.05) is 36.9 Å². The number of ether oxygens (including phenoxy) is 2. The molecule has 2 aliphatic rings. The molecule has 1 saturated heterocycles. The molecule has 0 spiro atoms. The molecule has 32 heavy (non-hydrogen) atoms. The summed E-state index contributed by atoms with van der Waals surface area (Å²) in [6.45, 7) is 5.93. The van der Waals surface area contributed by atoms with Crippen molar-refractivity contribution in [3.8, 4) is 5.69 Å². The standard InChI is InChI=1S/C26H28N2O4/c1-2-32-26(30)23-17-28(21-8-7-19-4-3-5-20(19)15-21)24-9-6-18(14-22(24)25(23)29)16-27-10-12-31-13-11-27/h6-9,14-15,17H,2-5,10-13,16H2,1H3. The summed E-state index contributed by atoms with van der Waals surface area (Å²) in [5.74, 6) is -0.576. The SMILES string of the molecule is CCOC(=O)c1cn(-c2ccc3c(c2)CCC3)c2ccc(CN3CCOCC3)cc2c1=O. The predicted octanol–water partition coefficient (Wildman–Crippen LogP) is 3.49. The van der Waals surface area contributed by atoms with Crippen LogP contribution in [0.25, 0.3) is 16.6 Å². The van der Waals surface area contributed by atoms with Gasteiger partial charge in [-0.3, -0.25) is 9.69 Å². The lowest BCUT2D eigenvalue weighted by Crippen LogP contribution is -2.35. The highest BCUT2D eigenvalue weighted by molar-refractivity contribution is 5.94. The van der Waals surface area contributed by atoms with E-state index in [1.807, 2.05) is 16.7 Å². The second kappa shape index (κ2) is 8.88. The zero-order valence-electron chi connectivity index (χ0n) is 18.4. The molecule has 1 fully saturated rings. The molecule has 166 valence electrons. The highest BCUT2D eigenvalue weighted by atomic mass is 16.5. The van der Waals surface area contributed by atoms with Gasteiger partial charge in [0.15, 0.2) is 0 Å². The van der Waals surface area contributed by atoms with Crippen LogP contribution in [0.3, 0.4) is 0 Å². The molecule has 1 aromatic heterocycles. The van der Waals surface area contributed by atoms with Crippen LogP contribution in [0, 0.1) is 0 Å². The van der Waals surface area contributed by atoms with E-state index in [1.165, 1.54) is 17.5 Å². The van der Waals surface area contributed by atoms with E-state index in [-0.39, 0.29) is 17.6 Å². The minimum absolute atomic E-state index is 0.0726. The predicted molar refractivity (Wildman–Crippen MR) is 124 cm³/mol. The number of nitrogens with zero attached hydrogens (tertiary/aromatic N) is 2. The molecule has 1 aliphatic heterocycles. The first-order valence-corrected chi connectivity index (χ1v) is 11.4. The van der Waals surface area contributed by atoms with Crippen LogP contribution >= 0.6 is 0 Å². The van der Waals surface area contributed by atoms with E-state index in [1.54, 1.807) is 13.1 Å². The fraction of sp³-hybridized carbons (Fsp3) is 0.385. The summed E-state index contributed by atoms with van der Waals surface area (Å²) in [7, 11) is 0. The molecule has 0 bridgehead atoms. The second-order valence-corrected chi connectivity index (χ2v) is 8.51. The number of carbonyl (C=O) groups excluding carboxylic acids is 1. The Hall–Kier alpha value is -2.96. The van der Waals surface area contributed by atoms with E-state index in [0.29, 0.717) is 5.39 Å². The summed E-state index contributed by atoms with van der Waals surface area (Å²) in [5.41, 5.74) is 5.34. The maximum absolute atomic E-state index is 13.3. The van der Waals surface area contributed by atoms with Crippen LogP contribution in [0.5, 0.6) is 0 Å². The monoisotopic (exact) mass is 432 g/mol. The normalized spacial score (nSPS) is 16.3. The number of morpholine rings is 1. The maximum atomic E-state index is 13.3. The second-order valence-electron chi connectivity index (χ2n) is 8.51. The molecule has 3 aromatic rings. The van der Waals surface area contributed by atoms with Gasteiger partial charge in [0.05, 0.1) is 25.3 Å². The average Bonchev–Trinajstić information content (AvgIpc) is 3.28. The quantitative estimate of drug-likeness (QED) is 0.578. The van der Waals surface area contributed by atoms with Gasteiger partial charge in [-0.25, -0.2) is 4.79 Å². The summed E-state index contributed by atoms with van der Waals surface area (Å²) in [5, 5.41) is 0.543. The van der Waals surface area contributed by atoms with E-state index >= 15 is 0 Å². The minimum atomic E-state index is -0.576. The molecule has 6 nitrogen and oxygen atoms in total.